The first-order valence-electron chi connectivity index (χ1n) is 28.3. The van der Waals surface area contributed by atoms with Crippen LogP contribution in [0.3, 0.4) is 0 Å². The van der Waals surface area contributed by atoms with Crippen molar-refractivity contribution in [3.63, 3.8) is 0 Å². The third-order valence-electron chi connectivity index (χ3n) is 15.6. The second kappa shape index (κ2) is 26.7. The average Bonchev–Trinajstić information content (AvgIpc) is 1.62. The van der Waals surface area contributed by atoms with Crippen molar-refractivity contribution >= 4 is 103 Å². The van der Waals surface area contributed by atoms with Crippen molar-refractivity contribution in [3.8, 4) is 49.1 Å². The van der Waals surface area contributed by atoms with Gasteiger partial charge in [0.05, 0.1) is 30.3 Å². The lowest BCUT2D eigenvalue weighted by Gasteiger charge is -2.38. The second-order valence-corrected chi connectivity index (χ2v) is 27.4. The number of nitrogens with one attached hydrogen (secondary N) is 4. The average molecular weight is 1360 g/mol. The smallest absolute Gasteiger partial charge is 0.271 e. The first-order valence-corrected chi connectivity index (χ1v) is 33.5. The lowest BCUT2D eigenvalue weighted by molar-refractivity contribution is -0.279. The van der Waals surface area contributed by atoms with Crippen LogP contribution in [0.25, 0.3) is 43.4 Å². The zero-order valence-electron chi connectivity index (χ0n) is 48.1. The molecule has 2 aromatic carbocycles. The summed E-state index contributed by atoms with van der Waals surface area (Å²) in [5.41, 5.74) is 8.07. The molecule has 0 saturated carbocycles. The van der Waals surface area contributed by atoms with Crippen molar-refractivity contribution in [1.29, 1.82) is 0 Å². The number of nitrogens with two attached hydrogens (primary N) is 1. The van der Waals surface area contributed by atoms with Gasteiger partial charge in [0.25, 0.3) is 23.6 Å². The molecule has 12 atom stereocenters. The van der Waals surface area contributed by atoms with Crippen LogP contribution in [0.1, 0.15) is 111 Å². The summed E-state index contributed by atoms with van der Waals surface area (Å²) < 4.78 is 5.21. The van der Waals surface area contributed by atoms with Crippen molar-refractivity contribution in [2.45, 2.75) is 93.8 Å². The largest absolute Gasteiger partial charge is 0.508 e. The number of nitrogens with zero attached hydrogens (tertiary/aromatic N) is 8. The number of pyridine rings is 1. The Balaban J connectivity index is 0.925. The predicted molar refractivity (Wildman–Crippen MR) is 337 cm³/mol. The molecule has 10 bridgehead atoms. The fourth-order valence-electron chi connectivity index (χ4n) is 10.7. The van der Waals surface area contributed by atoms with Crippen LogP contribution >= 0.6 is 68.0 Å². The number of hydrogen-bond acceptors (Lipinski definition) is 27. The summed E-state index contributed by atoms with van der Waals surface area (Å²) in [6.45, 7) is 2.92. The maximum Gasteiger partial charge on any atom is 0.271 e. The van der Waals surface area contributed by atoms with Crippen LogP contribution in [-0.2, 0) is 20.7 Å². The summed E-state index contributed by atoms with van der Waals surface area (Å²) in [5, 5.41) is 94.9. The molecule has 12 rings (SSSR count). The van der Waals surface area contributed by atoms with E-state index in [0.29, 0.717) is 53.7 Å². The van der Waals surface area contributed by atoms with Crippen LogP contribution in [0.2, 0.25) is 0 Å². The number of ether oxygens (including phenoxy) is 1. The third kappa shape index (κ3) is 13.2. The molecule has 0 radical (unpaired) electrons. The number of thiazole rings is 6. The van der Waals surface area contributed by atoms with Gasteiger partial charge in [-0.1, -0.05) is 49.4 Å². The van der Waals surface area contributed by atoms with Crippen molar-refractivity contribution in [1.82, 2.24) is 61.1 Å². The van der Waals surface area contributed by atoms with Gasteiger partial charge in [0.2, 0.25) is 11.8 Å². The highest BCUT2D eigenvalue weighted by molar-refractivity contribution is 7.15. The van der Waals surface area contributed by atoms with Gasteiger partial charge in [0.15, 0.2) is 6.29 Å². The summed E-state index contributed by atoms with van der Waals surface area (Å²) in [5.74, 6) is -4.89. The van der Waals surface area contributed by atoms with Crippen LogP contribution in [0.15, 0.2) is 93.6 Å². The second-order valence-electron chi connectivity index (χ2n) is 21.8. The molecule has 9 aromatic rings. The van der Waals surface area contributed by atoms with E-state index in [1.165, 1.54) is 55.8 Å². The van der Waals surface area contributed by atoms with Crippen molar-refractivity contribution in [2.75, 3.05) is 13.1 Å². The van der Waals surface area contributed by atoms with Gasteiger partial charge in [-0.05, 0) is 42.3 Å². The first kappa shape index (κ1) is 63.8. The standard InChI is InChI=1S/C59H55N13O14S6/c1-23-37(74)17-72-43(23)57-69-36(22-91-57)54-65-32(18-88-54)41-28(12-13-29(62-41)53-67-33(19-89-53)48(80)61-16-38-45(77)46(78)47(79)59(85)86-38)52-66-34(20-87-52)49(81)63-30(15-39(60)75)55-71-40(24(2)92-55)51(83)70-42(44(76)26-6-4-3-5-7-26)56-68-35(21-90-56)50(82)64-31(58(72)84)14-25-8-10-27(73)11-9-25/h3-13,18-23,30-31,37-38,42-47,59,73-74,76-79,85H,14-17H2,1-2H3,(H2,60,75)(H,61,80)(H,63,81)(H,64,82)(H,70,83)/t23-,30-,31-,37-,38-,42-,43-,44+,45-,46+,47-,59?/m0/s1. The molecule has 6 amide bonds. The molecular weight excluding hydrogens is 1310 g/mol. The number of aryl methyl sites for hydroxylation is 1. The maximum absolute atomic E-state index is 15.2. The van der Waals surface area contributed by atoms with Crippen LogP contribution in [-0.4, -0.2) is 167 Å². The number of amides is 6. The van der Waals surface area contributed by atoms with Crippen LogP contribution in [0.5, 0.6) is 5.75 Å². The van der Waals surface area contributed by atoms with E-state index in [1.54, 1.807) is 79.2 Å². The monoisotopic (exact) mass is 1360 g/mol. The van der Waals surface area contributed by atoms with Gasteiger partial charge in [-0.3, -0.25) is 28.8 Å². The summed E-state index contributed by atoms with van der Waals surface area (Å²) in [6.07, 6.45) is -11.1. The molecule has 7 aromatic heterocycles. The number of phenolic OH excluding ortho intramolecular Hbond substituents is 1. The topological polar surface area (TPSA) is 421 Å². The maximum atomic E-state index is 15.2. The molecule has 92 heavy (non-hydrogen) atoms. The van der Waals surface area contributed by atoms with Crippen LogP contribution < -0.4 is 27.0 Å². The molecule has 27 nitrogen and oxygen atoms in total. The Morgan fingerprint density at radius 2 is 1.33 bits per heavy atom. The summed E-state index contributed by atoms with van der Waals surface area (Å²) in [4.78, 5) is 120. The molecule has 476 valence electrons. The molecule has 10 heterocycles. The predicted octanol–water partition coefficient (Wildman–Crippen LogP) is 3.82. The van der Waals surface area contributed by atoms with Crippen molar-refractivity contribution < 1.29 is 69.2 Å². The fraction of sp³-hybridized carbons (Fsp3) is 0.305. The minimum atomic E-state index is -1.81. The number of aliphatic hydroxyl groups excluding tert-OH is 6. The van der Waals surface area contributed by atoms with Crippen LogP contribution in [0.4, 0.5) is 0 Å². The number of aromatic hydroxyl groups is 1. The van der Waals surface area contributed by atoms with E-state index in [9.17, 15) is 59.7 Å². The zero-order chi connectivity index (χ0) is 64.8. The Labute approximate surface area is 545 Å². The number of hydrogen-bond donors (Lipinski definition) is 12. The quantitative estimate of drug-likeness (QED) is 0.0926. The van der Waals surface area contributed by atoms with Crippen molar-refractivity contribution in [3.05, 3.63) is 147 Å². The SMILES string of the molecule is Cc1sc2nc1C(=O)N[C@@H]([C@H](O)c1ccccc1)c1nc(cs1)C(=O)N[C@@H](Cc1ccc(O)cc1)C(=O)N1C[C@H](O)[C@H](C)[C@H]1c1nc(cs1)-c1nc(cs1)-c1nc(-c3nc(C(=O)NC[C@@H]4OC(O)[C@@H](O)[C@H](O)[C@H]4O)cs3)ccc1-c1nc(cs1)C(=O)N[C@H]2CC(N)=O. The summed E-state index contributed by atoms with van der Waals surface area (Å²) in [7, 11) is 0. The Morgan fingerprint density at radius 1 is 0.674 bits per heavy atom. The van der Waals surface area contributed by atoms with E-state index < -0.39 is 115 Å². The number of fused-ring (bicyclic) bond motifs is 16. The Morgan fingerprint density at radius 3 is 2.09 bits per heavy atom. The normalized spacial score (nSPS) is 24.0. The molecule has 13 N–H and O–H groups in total. The lowest BCUT2D eigenvalue weighted by Crippen LogP contribution is -2.60. The zero-order valence-corrected chi connectivity index (χ0v) is 53.0. The molecule has 2 fully saturated rings. The number of carbonyl (C=O) groups excluding carboxylic acids is 6. The van der Waals surface area contributed by atoms with Gasteiger partial charge >= 0.3 is 0 Å². The van der Waals surface area contributed by atoms with Gasteiger partial charge in [0.1, 0.15) is 118 Å². The highest BCUT2D eigenvalue weighted by atomic mass is 32.1. The third-order valence-corrected chi connectivity index (χ3v) is 21.1. The molecule has 3 aliphatic heterocycles. The van der Waals surface area contributed by atoms with Crippen molar-refractivity contribution in [2.24, 2.45) is 11.7 Å². The number of rotatable bonds is 10. The van der Waals surface area contributed by atoms with E-state index in [-0.39, 0.29) is 68.8 Å². The number of phenols is 1. The Kier molecular flexibility index (Phi) is 18.6. The minimum Gasteiger partial charge on any atom is -0.508 e. The van der Waals surface area contributed by atoms with Gasteiger partial charge < -0.3 is 72.4 Å². The van der Waals surface area contributed by atoms with Gasteiger partial charge in [-0.15, -0.1) is 68.0 Å². The first-order chi connectivity index (χ1) is 44.2. The van der Waals surface area contributed by atoms with E-state index >= 15 is 4.79 Å². The summed E-state index contributed by atoms with van der Waals surface area (Å²) >= 11 is 6.63. The van der Waals surface area contributed by atoms with E-state index in [2.05, 4.69) is 36.2 Å². The molecule has 2 saturated heterocycles. The van der Waals surface area contributed by atoms with Gasteiger partial charge in [-0.25, -0.2) is 34.9 Å². The highest BCUT2D eigenvalue weighted by Crippen LogP contribution is 2.43. The van der Waals surface area contributed by atoms with Gasteiger partial charge in [0, 0.05) is 62.8 Å². The number of benzene rings is 2. The van der Waals surface area contributed by atoms with E-state index in [4.69, 9.17) is 30.4 Å². The van der Waals surface area contributed by atoms with E-state index in [0.717, 1.165) is 45.3 Å². The molecule has 0 spiro atoms. The molecular formula is C59H55N13O14S6. The van der Waals surface area contributed by atoms with Crippen LogP contribution in [0, 0.1) is 12.8 Å². The molecule has 1 unspecified atom stereocenters. The van der Waals surface area contributed by atoms with Gasteiger partial charge in [-0.2, -0.15) is 0 Å². The number of aromatic nitrogens is 7. The van der Waals surface area contributed by atoms with E-state index in [1.807, 2.05) is 0 Å². The molecule has 33 heteroatoms. The molecule has 3 aliphatic rings. The fourth-order valence-corrected chi connectivity index (χ4v) is 16.0. The Bertz CT molecular complexity index is 4250. The number of carbonyl (C=O) groups is 6. The lowest BCUT2D eigenvalue weighted by atomic mass is 9.99. The minimum absolute atomic E-state index is 0.0208. The summed E-state index contributed by atoms with van der Waals surface area (Å²) in [6, 6.07) is 13.4. The molecule has 0 aliphatic carbocycles. The number of primary amides is 1. The number of aliphatic hydroxyl groups is 6. The highest BCUT2D eigenvalue weighted by Gasteiger charge is 2.46. The Hall–Kier alpha value is -8.29.